The van der Waals surface area contributed by atoms with Gasteiger partial charge in [0.25, 0.3) is 0 Å². The van der Waals surface area contributed by atoms with E-state index in [1.165, 1.54) is 0 Å². The number of nitrogens with one attached hydrogen (secondary N) is 1. The topological polar surface area (TPSA) is 41.1 Å². The normalized spacial score (nSPS) is 21.5. The van der Waals surface area contributed by atoms with Gasteiger partial charge in [0.1, 0.15) is 5.82 Å². The molecule has 6 heteroatoms. The lowest BCUT2D eigenvalue weighted by atomic mass is 10.2. The zero-order chi connectivity index (χ0) is 12.4. The number of nitrogens with zero attached hydrogens (tertiary/aromatic N) is 3. The molecule has 0 radical (unpaired) electrons. The van der Waals surface area contributed by atoms with Crippen molar-refractivity contribution in [3.63, 3.8) is 0 Å². The van der Waals surface area contributed by atoms with Gasteiger partial charge >= 0.3 is 0 Å². The van der Waals surface area contributed by atoms with Crippen molar-refractivity contribution < 1.29 is 4.39 Å². The molecule has 1 atom stereocenters. The second kappa shape index (κ2) is 5.18. The standard InChI is InChI=1S/C11H17FN4S/c1-7-9(12)11(13-2)15-10(14-7)8-6-17-5-4-16(8)3/h8H,4-6H2,1-3H3,(H,13,14,15). The lowest BCUT2D eigenvalue weighted by Crippen LogP contribution is -2.34. The van der Waals surface area contributed by atoms with E-state index in [0.29, 0.717) is 11.5 Å². The van der Waals surface area contributed by atoms with Gasteiger partial charge < -0.3 is 5.32 Å². The van der Waals surface area contributed by atoms with E-state index in [4.69, 9.17) is 0 Å². The highest BCUT2D eigenvalue weighted by Crippen LogP contribution is 2.27. The van der Waals surface area contributed by atoms with Crippen LogP contribution in [0.5, 0.6) is 0 Å². The first-order valence-electron chi connectivity index (χ1n) is 5.63. The predicted molar refractivity (Wildman–Crippen MR) is 69.0 cm³/mol. The van der Waals surface area contributed by atoms with Crippen LogP contribution in [-0.2, 0) is 0 Å². The fraction of sp³-hybridized carbons (Fsp3) is 0.636. The highest BCUT2D eigenvalue weighted by molar-refractivity contribution is 7.99. The fourth-order valence-corrected chi connectivity index (χ4v) is 3.06. The van der Waals surface area contributed by atoms with Crippen molar-refractivity contribution in [2.75, 3.05) is 37.5 Å². The molecule has 0 bridgehead atoms. The monoisotopic (exact) mass is 256 g/mol. The molecule has 0 spiro atoms. The number of hydrogen-bond donors (Lipinski definition) is 1. The molecule has 17 heavy (non-hydrogen) atoms. The van der Waals surface area contributed by atoms with E-state index < -0.39 is 0 Å². The van der Waals surface area contributed by atoms with E-state index >= 15 is 0 Å². The Bertz CT molecular complexity index is 413. The number of aromatic nitrogens is 2. The predicted octanol–water partition coefficient (Wildman–Crippen LogP) is 1.69. The summed E-state index contributed by atoms with van der Waals surface area (Å²) in [6.07, 6.45) is 0. The van der Waals surface area contributed by atoms with Crippen LogP contribution >= 0.6 is 11.8 Å². The summed E-state index contributed by atoms with van der Waals surface area (Å²) in [6, 6.07) is 0.181. The molecular formula is C11H17FN4S. The molecule has 1 aliphatic rings. The van der Waals surface area contributed by atoms with E-state index in [1.807, 2.05) is 11.8 Å². The van der Waals surface area contributed by atoms with Gasteiger partial charge in [0, 0.05) is 25.1 Å². The molecule has 1 unspecified atom stereocenters. The Morgan fingerprint density at radius 3 is 2.88 bits per heavy atom. The smallest absolute Gasteiger partial charge is 0.186 e. The third-order valence-corrected chi connectivity index (χ3v) is 3.99. The van der Waals surface area contributed by atoms with Crippen molar-refractivity contribution in [1.82, 2.24) is 14.9 Å². The summed E-state index contributed by atoms with van der Waals surface area (Å²) < 4.78 is 13.6. The first kappa shape index (κ1) is 12.6. The van der Waals surface area contributed by atoms with Crippen molar-refractivity contribution in [3.8, 4) is 0 Å². The first-order valence-corrected chi connectivity index (χ1v) is 6.78. The summed E-state index contributed by atoms with van der Waals surface area (Å²) in [4.78, 5) is 10.8. The Hall–Kier alpha value is -0.880. The second-order valence-electron chi connectivity index (χ2n) is 4.15. The van der Waals surface area contributed by atoms with Crippen LogP contribution in [0.3, 0.4) is 0 Å². The zero-order valence-corrected chi connectivity index (χ0v) is 11.1. The molecule has 0 aromatic carbocycles. The van der Waals surface area contributed by atoms with Gasteiger partial charge in [-0.3, -0.25) is 4.90 Å². The van der Waals surface area contributed by atoms with Crippen LogP contribution < -0.4 is 5.32 Å². The first-order chi connectivity index (χ1) is 8.13. The fourth-order valence-electron chi connectivity index (χ4n) is 1.85. The largest absolute Gasteiger partial charge is 0.371 e. The molecule has 0 saturated carbocycles. The molecule has 1 saturated heterocycles. The van der Waals surface area contributed by atoms with Crippen LogP contribution in [0.25, 0.3) is 0 Å². The molecule has 4 nitrogen and oxygen atoms in total. The van der Waals surface area contributed by atoms with Crippen LogP contribution in [-0.4, -0.2) is 47.0 Å². The number of hydrogen-bond acceptors (Lipinski definition) is 5. The minimum Gasteiger partial charge on any atom is -0.371 e. The molecule has 94 valence electrons. The van der Waals surface area contributed by atoms with Crippen LogP contribution in [0, 0.1) is 12.7 Å². The Morgan fingerprint density at radius 2 is 2.24 bits per heavy atom. The van der Waals surface area contributed by atoms with Crippen LogP contribution in [0.15, 0.2) is 0 Å². The SMILES string of the molecule is CNc1nc(C2CSCCN2C)nc(C)c1F. The Kier molecular flexibility index (Phi) is 3.83. The lowest BCUT2D eigenvalue weighted by Gasteiger charge is -2.31. The van der Waals surface area contributed by atoms with Gasteiger partial charge in [-0.05, 0) is 14.0 Å². The summed E-state index contributed by atoms with van der Waals surface area (Å²) in [5.41, 5.74) is 0.406. The maximum absolute atomic E-state index is 13.6. The summed E-state index contributed by atoms with van der Waals surface area (Å²) in [5.74, 6) is 2.73. The Balaban J connectivity index is 2.34. The molecule has 2 heterocycles. The van der Waals surface area contributed by atoms with E-state index in [0.717, 1.165) is 18.1 Å². The van der Waals surface area contributed by atoms with Crippen molar-refractivity contribution in [1.29, 1.82) is 0 Å². The van der Waals surface area contributed by atoms with Crippen LogP contribution in [0.2, 0.25) is 0 Å². The molecule has 2 rings (SSSR count). The van der Waals surface area contributed by atoms with Crippen molar-refractivity contribution in [3.05, 3.63) is 17.3 Å². The molecule has 1 fully saturated rings. The van der Waals surface area contributed by atoms with Gasteiger partial charge in [-0.2, -0.15) is 11.8 Å². The highest BCUT2D eigenvalue weighted by atomic mass is 32.2. The number of thioether (sulfide) groups is 1. The molecular weight excluding hydrogens is 239 g/mol. The Labute approximate surface area is 105 Å². The average molecular weight is 256 g/mol. The zero-order valence-electron chi connectivity index (χ0n) is 10.3. The van der Waals surface area contributed by atoms with Crippen molar-refractivity contribution >= 4 is 17.6 Å². The van der Waals surface area contributed by atoms with E-state index in [2.05, 4.69) is 27.2 Å². The van der Waals surface area contributed by atoms with E-state index in [9.17, 15) is 4.39 Å². The molecule has 0 aliphatic carbocycles. The summed E-state index contributed by atoms with van der Waals surface area (Å²) >= 11 is 1.89. The van der Waals surface area contributed by atoms with E-state index in [1.54, 1.807) is 14.0 Å². The summed E-state index contributed by atoms with van der Waals surface area (Å²) in [6.45, 7) is 2.70. The molecule has 1 aliphatic heterocycles. The summed E-state index contributed by atoms with van der Waals surface area (Å²) in [5, 5.41) is 2.78. The van der Waals surface area contributed by atoms with Crippen molar-refractivity contribution in [2.24, 2.45) is 0 Å². The minimum absolute atomic E-state index is 0.181. The summed E-state index contributed by atoms with van der Waals surface area (Å²) in [7, 11) is 3.74. The van der Waals surface area contributed by atoms with Gasteiger partial charge in [-0.1, -0.05) is 0 Å². The number of anilines is 1. The number of halogens is 1. The van der Waals surface area contributed by atoms with Gasteiger partial charge in [-0.25, -0.2) is 14.4 Å². The maximum Gasteiger partial charge on any atom is 0.186 e. The molecule has 1 N–H and O–H groups in total. The van der Waals surface area contributed by atoms with Crippen molar-refractivity contribution in [2.45, 2.75) is 13.0 Å². The van der Waals surface area contributed by atoms with Gasteiger partial charge in [0.05, 0.1) is 11.7 Å². The molecule has 1 aromatic heterocycles. The second-order valence-corrected chi connectivity index (χ2v) is 5.30. The number of rotatable bonds is 2. The van der Waals surface area contributed by atoms with Gasteiger partial charge in [-0.15, -0.1) is 0 Å². The molecule has 1 aromatic rings. The quantitative estimate of drug-likeness (QED) is 0.872. The Morgan fingerprint density at radius 1 is 1.47 bits per heavy atom. The van der Waals surface area contributed by atoms with E-state index in [-0.39, 0.29) is 17.7 Å². The highest BCUT2D eigenvalue weighted by Gasteiger charge is 2.25. The van der Waals surface area contributed by atoms with Crippen LogP contribution in [0.1, 0.15) is 17.6 Å². The van der Waals surface area contributed by atoms with Gasteiger partial charge in [0.15, 0.2) is 11.6 Å². The number of aryl methyl sites for hydroxylation is 1. The van der Waals surface area contributed by atoms with Gasteiger partial charge in [0.2, 0.25) is 0 Å². The maximum atomic E-state index is 13.6. The third-order valence-electron chi connectivity index (χ3n) is 2.97. The third kappa shape index (κ3) is 2.52. The average Bonchev–Trinajstić information content (AvgIpc) is 2.33. The molecule has 0 amide bonds. The van der Waals surface area contributed by atoms with Crippen LogP contribution in [0.4, 0.5) is 10.2 Å². The minimum atomic E-state index is -0.359. The lowest BCUT2D eigenvalue weighted by molar-refractivity contribution is 0.264.